The Kier molecular flexibility index (Phi) is 4.79. The van der Waals surface area contributed by atoms with Crippen molar-refractivity contribution in [3.05, 3.63) is 0 Å². The third-order valence-corrected chi connectivity index (χ3v) is 5.39. The summed E-state index contributed by atoms with van der Waals surface area (Å²) in [5.41, 5.74) is -1.59. The molecule has 0 bridgehead atoms. The Morgan fingerprint density at radius 1 is 1.35 bits per heavy atom. The highest BCUT2D eigenvalue weighted by Gasteiger charge is 2.52. The van der Waals surface area contributed by atoms with Gasteiger partial charge in [0.2, 0.25) is 17.7 Å². The minimum atomic E-state index is -1.01. The Labute approximate surface area is 137 Å². The molecule has 1 N–H and O–H groups in total. The summed E-state index contributed by atoms with van der Waals surface area (Å²) in [7, 11) is 0. The first-order chi connectivity index (χ1) is 10.7. The fourth-order valence-corrected chi connectivity index (χ4v) is 3.41. The lowest BCUT2D eigenvalue weighted by Gasteiger charge is -2.31. The Hall–Kier alpha value is -1.90. The number of imide groups is 1. The smallest absolute Gasteiger partial charge is 0.241 e. The van der Waals surface area contributed by atoms with Gasteiger partial charge in [-0.3, -0.25) is 19.3 Å². The molecular formula is C17H25N3O3. The lowest BCUT2D eigenvalue weighted by molar-refractivity contribution is -0.145. The molecule has 1 heterocycles. The number of carbonyl (C=O) groups excluding carboxylic acids is 3. The standard InChI is InChI=1S/C17H25N3O3/c1-12(2)16(3,11-18)19-13(21)10-20-14(22)9-17(15(20)23)7-5-4-6-8-17/h12H,4-10H2,1-3H3,(H,19,21)/t16-/m0/s1. The summed E-state index contributed by atoms with van der Waals surface area (Å²) < 4.78 is 0. The topological polar surface area (TPSA) is 90.3 Å². The molecule has 2 aliphatic rings. The van der Waals surface area contributed by atoms with Crippen molar-refractivity contribution in [1.82, 2.24) is 10.2 Å². The van der Waals surface area contributed by atoms with E-state index in [0.29, 0.717) is 0 Å². The van der Waals surface area contributed by atoms with E-state index in [1.807, 2.05) is 13.8 Å². The molecule has 6 heteroatoms. The van der Waals surface area contributed by atoms with Gasteiger partial charge in [-0.05, 0) is 25.7 Å². The van der Waals surface area contributed by atoms with Crippen molar-refractivity contribution in [1.29, 1.82) is 5.26 Å². The summed E-state index contributed by atoms with van der Waals surface area (Å²) in [4.78, 5) is 38.2. The van der Waals surface area contributed by atoms with E-state index in [9.17, 15) is 19.6 Å². The van der Waals surface area contributed by atoms with Crippen molar-refractivity contribution >= 4 is 17.7 Å². The van der Waals surface area contributed by atoms with E-state index in [2.05, 4.69) is 11.4 Å². The molecule has 0 aromatic carbocycles. The average Bonchev–Trinajstić information content (AvgIpc) is 2.72. The van der Waals surface area contributed by atoms with Crippen LogP contribution in [0.15, 0.2) is 0 Å². The van der Waals surface area contributed by atoms with E-state index < -0.39 is 16.9 Å². The number of hydrogen-bond acceptors (Lipinski definition) is 4. The molecule has 1 spiro atoms. The minimum Gasteiger partial charge on any atom is -0.336 e. The first kappa shape index (κ1) is 17.5. The molecule has 2 fully saturated rings. The number of likely N-dealkylation sites (tertiary alicyclic amines) is 1. The van der Waals surface area contributed by atoms with E-state index in [1.165, 1.54) is 0 Å². The quantitative estimate of drug-likeness (QED) is 0.799. The fourth-order valence-electron chi connectivity index (χ4n) is 3.41. The second kappa shape index (κ2) is 6.31. The molecule has 0 aromatic heterocycles. The lowest BCUT2D eigenvalue weighted by Crippen LogP contribution is -2.52. The zero-order chi connectivity index (χ0) is 17.3. The van der Waals surface area contributed by atoms with Crippen LogP contribution in [0, 0.1) is 22.7 Å². The summed E-state index contributed by atoms with van der Waals surface area (Å²) in [5, 5.41) is 11.9. The molecule has 1 atom stereocenters. The normalized spacial score (nSPS) is 23.0. The van der Waals surface area contributed by atoms with E-state index in [0.717, 1.165) is 37.0 Å². The maximum Gasteiger partial charge on any atom is 0.241 e. The van der Waals surface area contributed by atoms with Crippen LogP contribution in [0.5, 0.6) is 0 Å². The van der Waals surface area contributed by atoms with Gasteiger partial charge >= 0.3 is 0 Å². The lowest BCUT2D eigenvalue weighted by atomic mass is 9.73. The molecular weight excluding hydrogens is 294 g/mol. The van der Waals surface area contributed by atoms with Gasteiger partial charge in [0.1, 0.15) is 12.1 Å². The van der Waals surface area contributed by atoms with Gasteiger partial charge in [-0.1, -0.05) is 33.1 Å². The number of amides is 3. The molecule has 1 aliphatic carbocycles. The predicted molar refractivity (Wildman–Crippen MR) is 83.9 cm³/mol. The first-order valence-electron chi connectivity index (χ1n) is 8.31. The highest BCUT2D eigenvalue weighted by molar-refractivity contribution is 6.08. The van der Waals surface area contributed by atoms with E-state index >= 15 is 0 Å². The molecule has 3 amide bonds. The van der Waals surface area contributed by atoms with E-state index in [4.69, 9.17) is 0 Å². The second-order valence-electron chi connectivity index (χ2n) is 7.32. The Morgan fingerprint density at radius 2 is 1.96 bits per heavy atom. The van der Waals surface area contributed by atoms with Crippen LogP contribution in [-0.2, 0) is 14.4 Å². The van der Waals surface area contributed by atoms with Crippen molar-refractivity contribution in [2.45, 2.75) is 64.8 Å². The molecule has 1 saturated carbocycles. The van der Waals surface area contributed by atoms with Gasteiger partial charge in [-0.15, -0.1) is 0 Å². The van der Waals surface area contributed by atoms with Gasteiger partial charge in [-0.2, -0.15) is 5.26 Å². The largest absolute Gasteiger partial charge is 0.336 e. The van der Waals surface area contributed by atoms with Crippen LogP contribution in [0.1, 0.15) is 59.3 Å². The third-order valence-electron chi connectivity index (χ3n) is 5.39. The summed E-state index contributed by atoms with van der Waals surface area (Å²) in [6.45, 7) is 5.04. The molecule has 23 heavy (non-hydrogen) atoms. The fraction of sp³-hybridized carbons (Fsp3) is 0.765. The van der Waals surface area contributed by atoms with Crippen LogP contribution >= 0.6 is 0 Å². The molecule has 0 aromatic rings. The molecule has 126 valence electrons. The summed E-state index contributed by atoms with van der Waals surface area (Å²) in [6.07, 6.45) is 4.70. The highest BCUT2D eigenvalue weighted by atomic mass is 16.2. The van der Waals surface area contributed by atoms with Gasteiger partial charge in [-0.25, -0.2) is 0 Å². The van der Waals surface area contributed by atoms with Gasteiger partial charge in [0.15, 0.2) is 0 Å². The van der Waals surface area contributed by atoms with Crippen LogP contribution in [0.25, 0.3) is 0 Å². The zero-order valence-corrected chi connectivity index (χ0v) is 14.1. The number of carbonyl (C=O) groups is 3. The monoisotopic (exact) mass is 319 g/mol. The first-order valence-corrected chi connectivity index (χ1v) is 8.31. The molecule has 2 rings (SSSR count). The molecule has 1 saturated heterocycles. The molecule has 6 nitrogen and oxygen atoms in total. The van der Waals surface area contributed by atoms with Crippen LogP contribution in [0.2, 0.25) is 0 Å². The average molecular weight is 319 g/mol. The number of nitrogens with one attached hydrogen (secondary N) is 1. The van der Waals surface area contributed by atoms with E-state index in [-0.39, 0.29) is 30.7 Å². The van der Waals surface area contributed by atoms with Gasteiger partial charge in [0.05, 0.1) is 11.5 Å². The molecule has 1 aliphatic heterocycles. The number of rotatable bonds is 4. The number of nitrogens with zero attached hydrogens (tertiary/aromatic N) is 2. The predicted octanol–water partition coefficient (Wildman–Crippen LogP) is 1.75. The van der Waals surface area contributed by atoms with Crippen molar-refractivity contribution < 1.29 is 14.4 Å². The van der Waals surface area contributed by atoms with Crippen molar-refractivity contribution in [3.63, 3.8) is 0 Å². The van der Waals surface area contributed by atoms with Crippen molar-refractivity contribution in [3.8, 4) is 6.07 Å². The number of nitriles is 1. The van der Waals surface area contributed by atoms with Gasteiger partial charge in [0, 0.05) is 6.42 Å². The van der Waals surface area contributed by atoms with Crippen LogP contribution in [0.3, 0.4) is 0 Å². The Morgan fingerprint density at radius 3 is 2.48 bits per heavy atom. The van der Waals surface area contributed by atoms with Crippen LogP contribution < -0.4 is 5.32 Å². The Balaban J connectivity index is 2.05. The molecule has 0 radical (unpaired) electrons. The molecule has 0 unspecified atom stereocenters. The maximum absolute atomic E-state index is 12.7. The maximum atomic E-state index is 12.7. The third kappa shape index (κ3) is 3.24. The van der Waals surface area contributed by atoms with Crippen molar-refractivity contribution in [2.75, 3.05) is 6.54 Å². The summed E-state index contributed by atoms with van der Waals surface area (Å²) in [5.74, 6) is -1.01. The van der Waals surface area contributed by atoms with E-state index in [1.54, 1.807) is 6.92 Å². The second-order valence-corrected chi connectivity index (χ2v) is 7.32. The van der Waals surface area contributed by atoms with Crippen LogP contribution in [0.4, 0.5) is 0 Å². The number of hydrogen-bond donors (Lipinski definition) is 1. The van der Waals surface area contributed by atoms with Gasteiger partial charge in [0.25, 0.3) is 0 Å². The zero-order valence-electron chi connectivity index (χ0n) is 14.1. The summed E-state index contributed by atoms with van der Waals surface area (Å²) in [6, 6.07) is 2.09. The SMILES string of the molecule is CC(C)[C@](C)(C#N)NC(=O)CN1C(=O)CC2(CCCCC2)C1=O. The Bertz CT molecular complexity index is 558. The van der Waals surface area contributed by atoms with Crippen molar-refractivity contribution in [2.24, 2.45) is 11.3 Å². The van der Waals surface area contributed by atoms with Crippen LogP contribution in [-0.4, -0.2) is 34.7 Å². The van der Waals surface area contributed by atoms with Gasteiger partial charge < -0.3 is 5.32 Å². The minimum absolute atomic E-state index is 0.0777. The summed E-state index contributed by atoms with van der Waals surface area (Å²) >= 11 is 0. The highest BCUT2D eigenvalue weighted by Crippen LogP contribution is 2.45.